The molecule has 1 unspecified atom stereocenters. The second kappa shape index (κ2) is 8.22. The van der Waals surface area contributed by atoms with Crippen molar-refractivity contribution >= 4 is 23.2 Å². The number of Topliss-reactive ketones (excluding diaryl/α,β-unsaturated/α-hetero) is 1. The van der Waals surface area contributed by atoms with Crippen LogP contribution in [-0.4, -0.2) is 56.5 Å². The topological polar surface area (TPSA) is 101 Å². The smallest absolute Gasteiger partial charge is 0.228 e. The van der Waals surface area contributed by atoms with Gasteiger partial charge in [0.15, 0.2) is 0 Å². The Morgan fingerprint density at radius 3 is 2.61 bits per heavy atom. The molecule has 9 heteroatoms. The van der Waals surface area contributed by atoms with Crippen molar-refractivity contribution in [2.24, 2.45) is 0 Å². The lowest BCUT2D eigenvalue weighted by Gasteiger charge is -2.32. The Hall–Kier alpha value is -3.33. The predicted octanol–water partition coefficient (Wildman–Crippen LogP) is 2.87. The molecule has 3 aromatic rings. The SMILES string of the molecule is CC(=O)C1(C)Cc2cnc(Nc3ccc(N4CCNCC4)cn3)nc2-c2c1ncn2C(C)C. The first-order valence-corrected chi connectivity index (χ1v) is 11.5. The molecule has 3 aromatic heterocycles. The van der Waals surface area contributed by atoms with Crippen LogP contribution < -0.4 is 15.5 Å². The van der Waals surface area contributed by atoms with E-state index in [1.807, 2.05) is 31.7 Å². The summed E-state index contributed by atoms with van der Waals surface area (Å²) in [6, 6.07) is 4.22. The van der Waals surface area contributed by atoms with Gasteiger partial charge in [0.1, 0.15) is 11.6 Å². The summed E-state index contributed by atoms with van der Waals surface area (Å²) in [6.45, 7) is 11.7. The fraction of sp³-hybridized carbons (Fsp3) is 0.458. The van der Waals surface area contributed by atoms with Crippen LogP contribution in [0.25, 0.3) is 11.4 Å². The summed E-state index contributed by atoms with van der Waals surface area (Å²) < 4.78 is 2.09. The Kier molecular flexibility index (Phi) is 5.36. The molecule has 0 amide bonds. The lowest BCUT2D eigenvalue weighted by atomic mass is 9.72. The highest BCUT2D eigenvalue weighted by Crippen LogP contribution is 2.43. The number of rotatable bonds is 5. The van der Waals surface area contributed by atoms with Gasteiger partial charge in [-0.15, -0.1) is 0 Å². The van der Waals surface area contributed by atoms with Crippen LogP contribution in [0.4, 0.5) is 17.5 Å². The predicted molar refractivity (Wildman–Crippen MR) is 128 cm³/mol. The molecule has 1 saturated heterocycles. The van der Waals surface area contributed by atoms with Crippen LogP contribution >= 0.6 is 0 Å². The first-order chi connectivity index (χ1) is 15.9. The van der Waals surface area contributed by atoms with Gasteiger partial charge in [0.05, 0.1) is 40.7 Å². The number of hydrogen-bond donors (Lipinski definition) is 2. The molecule has 0 radical (unpaired) electrons. The van der Waals surface area contributed by atoms with E-state index in [0.29, 0.717) is 18.2 Å². The Morgan fingerprint density at radius 2 is 1.94 bits per heavy atom. The molecule has 0 spiro atoms. The molecular formula is C24H30N8O. The third-order valence-electron chi connectivity index (χ3n) is 6.75. The maximum atomic E-state index is 12.6. The molecule has 2 N–H and O–H groups in total. The largest absolute Gasteiger partial charge is 0.368 e. The van der Waals surface area contributed by atoms with E-state index in [4.69, 9.17) is 4.98 Å². The number of fused-ring (bicyclic) bond motifs is 3. The molecule has 1 aliphatic carbocycles. The van der Waals surface area contributed by atoms with Gasteiger partial charge in [0.25, 0.3) is 0 Å². The number of nitrogens with zero attached hydrogens (tertiary/aromatic N) is 6. The molecule has 0 aromatic carbocycles. The third kappa shape index (κ3) is 3.76. The number of nitrogens with one attached hydrogen (secondary N) is 2. The van der Waals surface area contributed by atoms with Crippen molar-refractivity contribution in [1.82, 2.24) is 29.8 Å². The van der Waals surface area contributed by atoms with E-state index < -0.39 is 5.41 Å². The number of imidazole rings is 1. The molecule has 2 aliphatic rings. The fourth-order valence-corrected chi connectivity index (χ4v) is 4.63. The van der Waals surface area contributed by atoms with E-state index in [-0.39, 0.29) is 11.8 Å². The standard InChI is InChI=1S/C24H30N8O/c1-15(2)32-14-28-22-21(32)20-17(11-24(22,4)16(3)33)12-27-23(30-20)29-19-6-5-18(13-26-19)31-9-7-25-8-10-31/h5-6,12-15,25H,7-11H2,1-4H3,(H,26,27,29,30). The highest BCUT2D eigenvalue weighted by atomic mass is 16.1. The van der Waals surface area contributed by atoms with Crippen LogP contribution in [0.15, 0.2) is 30.9 Å². The number of aromatic nitrogens is 5. The molecule has 5 rings (SSSR count). The maximum Gasteiger partial charge on any atom is 0.228 e. The number of piperazine rings is 1. The first-order valence-electron chi connectivity index (χ1n) is 11.5. The molecule has 172 valence electrons. The van der Waals surface area contributed by atoms with Crippen molar-refractivity contribution < 1.29 is 4.79 Å². The van der Waals surface area contributed by atoms with Gasteiger partial charge in [-0.3, -0.25) is 4.79 Å². The van der Waals surface area contributed by atoms with Gasteiger partial charge in [-0.1, -0.05) is 0 Å². The minimum atomic E-state index is -0.678. The zero-order chi connectivity index (χ0) is 23.2. The van der Waals surface area contributed by atoms with Crippen molar-refractivity contribution in [3.8, 4) is 11.4 Å². The normalized spacial score (nSPS) is 19.8. The fourth-order valence-electron chi connectivity index (χ4n) is 4.63. The average molecular weight is 447 g/mol. The summed E-state index contributed by atoms with van der Waals surface area (Å²) in [7, 11) is 0. The number of carbonyl (C=O) groups excluding carboxylic acids is 1. The molecular weight excluding hydrogens is 416 g/mol. The second-order valence-electron chi connectivity index (χ2n) is 9.34. The summed E-state index contributed by atoms with van der Waals surface area (Å²) in [5.74, 6) is 1.26. The van der Waals surface area contributed by atoms with E-state index >= 15 is 0 Å². The minimum Gasteiger partial charge on any atom is -0.368 e. The van der Waals surface area contributed by atoms with Crippen molar-refractivity contribution in [1.29, 1.82) is 0 Å². The van der Waals surface area contributed by atoms with E-state index in [1.54, 1.807) is 6.92 Å². The van der Waals surface area contributed by atoms with E-state index in [9.17, 15) is 4.79 Å². The molecule has 9 nitrogen and oxygen atoms in total. The Bertz CT molecular complexity index is 1180. The van der Waals surface area contributed by atoms with Gasteiger partial charge in [0.2, 0.25) is 5.95 Å². The third-order valence-corrected chi connectivity index (χ3v) is 6.75. The second-order valence-corrected chi connectivity index (χ2v) is 9.34. The van der Waals surface area contributed by atoms with E-state index in [0.717, 1.165) is 54.5 Å². The van der Waals surface area contributed by atoms with Crippen molar-refractivity contribution in [2.45, 2.75) is 45.6 Å². The van der Waals surface area contributed by atoms with Gasteiger partial charge >= 0.3 is 0 Å². The zero-order valence-corrected chi connectivity index (χ0v) is 19.6. The molecule has 1 aliphatic heterocycles. The van der Waals surface area contributed by atoms with Gasteiger partial charge < -0.3 is 20.1 Å². The molecule has 1 atom stereocenters. The van der Waals surface area contributed by atoms with Crippen LogP contribution in [0.1, 0.15) is 45.0 Å². The van der Waals surface area contributed by atoms with Crippen molar-refractivity contribution in [2.75, 3.05) is 36.4 Å². The zero-order valence-electron chi connectivity index (χ0n) is 19.6. The molecule has 0 saturated carbocycles. The minimum absolute atomic E-state index is 0.0967. The molecule has 1 fully saturated rings. The van der Waals surface area contributed by atoms with Gasteiger partial charge in [-0.2, -0.15) is 0 Å². The van der Waals surface area contributed by atoms with Crippen LogP contribution in [-0.2, 0) is 16.6 Å². The number of hydrogen-bond acceptors (Lipinski definition) is 8. The maximum absolute atomic E-state index is 12.6. The highest BCUT2D eigenvalue weighted by Gasteiger charge is 2.43. The Morgan fingerprint density at radius 1 is 1.15 bits per heavy atom. The summed E-state index contributed by atoms with van der Waals surface area (Å²) in [6.07, 6.45) is 6.06. The summed E-state index contributed by atoms with van der Waals surface area (Å²) in [5, 5.41) is 6.60. The number of anilines is 3. The monoisotopic (exact) mass is 446 g/mol. The van der Waals surface area contributed by atoms with Crippen molar-refractivity contribution in [3.63, 3.8) is 0 Å². The lowest BCUT2D eigenvalue weighted by Crippen LogP contribution is -2.43. The van der Waals surface area contributed by atoms with E-state index in [2.05, 4.69) is 55.0 Å². The first kappa shape index (κ1) is 21.5. The van der Waals surface area contributed by atoms with Crippen LogP contribution in [0, 0.1) is 0 Å². The lowest BCUT2D eigenvalue weighted by molar-refractivity contribution is -0.122. The molecule has 0 bridgehead atoms. The Labute approximate surface area is 193 Å². The van der Waals surface area contributed by atoms with Crippen LogP contribution in [0.2, 0.25) is 0 Å². The summed E-state index contributed by atoms with van der Waals surface area (Å²) in [4.78, 5) is 33.5. The van der Waals surface area contributed by atoms with Gasteiger partial charge in [-0.05, 0) is 51.8 Å². The quantitative estimate of drug-likeness (QED) is 0.617. The van der Waals surface area contributed by atoms with Crippen LogP contribution in [0.3, 0.4) is 0 Å². The summed E-state index contributed by atoms with van der Waals surface area (Å²) in [5.41, 5.74) is 3.90. The highest BCUT2D eigenvalue weighted by molar-refractivity contribution is 5.91. The van der Waals surface area contributed by atoms with Gasteiger partial charge in [0, 0.05) is 38.4 Å². The Balaban J connectivity index is 1.46. The van der Waals surface area contributed by atoms with Crippen molar-refractivity contribution in [3.05, 3.63) is 42.1 Å². The van der Waals surface area contributed by atoms with E-state index in [1.165, 1.54) is 0 Å². The number of carbonyl (C=O) groups is 1. The van der Waals surface area contributed by atoms with Gasteiger partial charge in [-0.25, -0.2) is 19.9 Å². The number of ketones is 1. The number of pyridine rings is 1. The summed E-state index contributed by atoms with van der Waals surface area (Å²) >= 11 is 0. The molecule has 33 heavy (non-hydrogen) atoms. The van der Waals surface area contributed by atoms with Crippen LogP contribution in [0.5, 0.6) is 0 Å². The average Bonchev–Trinajstić information content (AvgIpc) is 3.28. The molecule has 4 heterocycles.